The van der Waals surface area contributed by atoms with Gasteiger partial charge in [-0.25, -0.2) is 9.97 Å². The third-order valence-electron chi connectivity index (χ3n) is 2.97. The summed E-state index contributed by atoms with van der Waals surface area (Å²) in [6.45, 7) is 2.05. The third kappa shape index (κ3) is 3.94. The normalized spacial score (nSPS) is 10.5. The van der Waals surface area contributed by atoms with Crippen molar-refractivity contribution in [2.24, 2.45) is 0 Å². The fourth-order valence-electron chi connectivity index (χ4n) is 1.92. The van der Waals surface area contributed by atoms with Crippen molar-refractivity contribution < 1.29 is 4.79 Å². The molecular weight excluding hydrogens is 328 g/mol. The van der Waals surface area contributed by atoms with E-state index < -0.39 is 0 Å². The lowest BCUT2D eigenvalue weighted by Gasteiger charge is -2.03. The number of thioether (sulfide) groups is 1. The topological polar surface area (TPSA) is 67.8 Å². The number of amides is 1. The van der Waals surface area contributed by atoms with Crippen LogP contribution in [0, 0.1) is 0 Å². The average Bonchev–Trinajstić information content (AvgIpc) is 3.05. The Morgan fingerprint density at radius 2 is 2.26 bits per heavy atom. The van der Waals surface area contributed by atoms with E-state index in [0.717, 1.165) is 22.0 Å². The van der Waals surface area contributed by atoms with Gasteiger partial charge in [0.25, 0.3) is 5.91 Å². The Balaban J connectivity index is 1.73. The molecular formula is C16H14N4OS2. The summed E-state index contributed by atoms with van der Waals surface area (Å²) in [5.74, 6) is 0.733. The number of hydrogen-bond donors (Lipinski definition) is 1. The van der Waals surface area contributed by atoms with Crippen molar-refractivity contribution in [3.63, 3.8) is 0 Å². The van der Waals surface area contributed by atoms with Gasteiger partial charge in [0.1, 0.15) is 0 Å². The minimum absolute atomic E-state index is 0.183. The van der Waals surface area contributed by atoms with E-state index in [-0.39, 0.29) is 5.91 Å². The first-order valence-electron chi connectivity index (χ1n) is 7.02. The van der Waals surface area contributed by atoms with Gasteiger partial charge in [0.15, 0.2) is 5.13 Å². The van der Waals surface area contributed by atoms with E-state index in [0.29, 0.717) is 10.7 Å². The number of pyridine rings is 2. The van der Waals surface area contributed by atoms with Gasteiger partial charge in [-0.2, -0.15) is 0 Å². The maximum absolute atomic E-state index is 12.3. The van der Waals surface area contributed by atoms with Crippen LogP contribution in [-0.4, -0.2) is 26.6 Å². The zero-order valence-corrected chi connectivity index (χ0v) is 14.0. The molecule has 0 aliphatic carbocycles. The van der Waals surface area contributed by atoms with Crippen molar-refractivity contribution in [3.8, 4) is 11.3 Å². The number of aromatic nitrogens is 3. The van der Waals surface area contributed by atoms with Crippen LogP contribution in [0.3, 0.4) is 0 Å². The highest BCUT2D eigenvalue weighted by Crippen LogP contribution is 2.24. The molecule has 3 aromatic heterocycles. The van der Waals surface area contributed by atoms with Gasteiger partial charge >= 0.3 is 0 Å². The predicted octanol–water partition coefficient (Wildman–Crippen LogP) is 3.96. The standard InChI is InChI=1S/C16H14N4OS2/c1-2-22-14-8-11(5-7-18-14)15(21)20-16-19-13(10-23-16)12-4-3-6-17-9-12/h3-10H,2H2,1H3,(H,19,20,21). The van der Waals surface area contributed by atoms with Crippen molar-refractivity contribution >= 4 is 34.1 Å². The predicted molar refractivity (Wildman–Crippen MR) is 93.9 cm³/mol. The number of carbonyl (C=O) groups is 1. The molecule has 0 radical (unpaired) electrons. The maximum atomic E-state index is 12.3. The number of nitrogens with one attached hydrogen (secondary N) is 1. The molecule has 1 N–H and O–H groups in total. The Kier molecular flexibility index (Phi) is 4.99. The molecule has 3 heterocycles. The molecule has 0 saturated heterocycles. The van der Waals surface area contributed by atoms with Crippen LogP contribution in [0.2, 0.25) is 0 Å². The second-order valence-electron chi connectivity index (χ2n) is 4.55. The second-order valence-corrected chi connectivity index (χ2v) is 6.69. The van der Waals surface area contributed by atoms with Crippen molar-refractivity contribution in [2.45, 2.75) is 11.9 Å². The summed E-state index contributed by atoms with van der Waals surface area (Å²) in [4.78, 5) is 25.1. The van der Waals surface area contributed by atoms with E-state index in [4.69, 9.17) is 0 Å². The quantitative estimate of drug-likeness (QED) is 0.711. The Morgan fingerprint density at radius 3 is 3.04 bits per heavy atom. The first-order chi connectivity index (χ1) is 11.3. The van der Waals surface area contributed by atoms with Gasteiger partial charge in [-0.15, -0.1) is 23.1 Å². The number of carbonyl (C=O) groups excluding carboxylic acids is 1. The SMILES string of the molecule is CCSc1cc(C(=O)Nc2nc(-c3cccnc3)cs2)ccn1. The molecule has 3 rings (SSSR count). The average molecular weight is 342 g/mol. The first kappa shape index (κ1) is 15.6. The van der Waals surface area contributed by atoms with Crippen LogP contribution in [0.5, 0.6) is 0 Å². The van der Waals surface area contributed by atoms with Gasteiger partial charge in [-0.05, 0) is 30.0 Å². The largest absolute Gasteiger partial charge is 0.298 e. The fourth-order valence-corrected chi connectivity index (χ4v) is 3.28. The summed E-state index contributed by atoms with van der Waals surface area (Å²) in [5, 5.41) is 6.14. The number of anilines is 1. The zero-order chi connectivity index (χ0) is 16.1. The van der Waals surface area contributed by atoms with Crippen LogP contribution >= 0.6 is 23.1 Å². The fraction of sp³-hybridized carbons (Fsp3) is 0.125. The van der Waals surface area contributed by atoms with Crippen LogP contribution < -0.4 is 5.32 Å². The Hall–Kier alpha value is -2.25. The molecule has 0 saturated carbocycles. The Labute approximate surface area is 142 Å². The summed E-state index contributed by atoms with van der Waals surface area (Å²) < 4.78 is 0. The summed E-state index contributed by atoms with van der Waals surface area (Å²) in [6, 6.07) is 7.28. The number of hydrogen-bond acceptors (Lipinski definition) is 6. The lowest BCUT2D eigenvalue weighted by Crippen LogP contribution is -2.11. The summed E-state index contributed by atoms with van der Waals surface area (Å²) >= 11 is 2.99. The monoisotopic (exact) mass is 342 g/mol. The minimum atomic E-state index is -0.183. The van der Waals surface area contributed by atoms with Gasteiger partial charge in [0.05, 0.1) is 10.7 Å². The highest BCUT2D eigenvalue weighted by atomic mass is 32.2. The summed E-state index contributed by atoms with van der Waals surface area (Å²) in [5.41, 5.74) is 2.30. The van der Waals surface area contributed by atoms with Crippen LogP contribution in [0.15, 0.2) is 53.3 Å². The third-order valence-corrected chi connectivity index (χ3v) is 4.54. The molecule has 0 aliphatic heterocycles. The highest BCUT2D eigenvalue weighted by molar-refractivity contribution is 7.99. The van der Waals surface area contributed by atoms with Gasteiger partial charge in [0, 0.05) is 35.1 Å². The van der Waals surface area contributed by atoms with E-state index in [9.17, 15) is 4.79 Å². The molecule has 0 aromatic carbocycles. The van der Waals surface area contributed by atoms with Crippen molar-refractivity contribution in [1.29, 1.82) is 0 Å². The minimum Gasteiger partial charge on any atom is -0.298 e. The number of rotatable bonds is 5. The molecule has 23 heavy (non-hydrogen) atoms. The van der Waals surface area contributed by atoms with Crippen LogP contribution in [0.1, 0.15) is 17.3 Å². The molecule has 0 spiro atoms. The molecule has 7 heteroatoms. The summed E-state index contributed by atoms with van der Waals surface area (Å²) in [7, 11) is 0. The Bertz CT molecular complexity index is 805. The van der Waals surface area contributed by atoms with Gasteiger partial charge in [-0.3, -0.25) is 15.1 Å². The molecule has 0 aliphatic rings. The van der Waals surface area contributed by atoms with Crippen molar-refractivity contribution in [2.75, 3.05) is 11.1 Å². The molecule has 0 unspecified atom stereocenters. The molecule has 0 fully saturated rings. The van der Waals surface area contributed by atoms with E-state index in [1.165, 1.54) is 11.3 Å². The second kappa shape index (κ2) is 7.34. The smallest absolute Gasteiger partial charge is 0.257 e. The van der Waals surface area contributed by atoms with E-state index >= 15 is 0 Å². The highest BCUT2D eigenvalue weighted by Gasteiger charge is 2.11. The summed E-state index contributed by atoms with van der Waals surface area (Å²) in [6.07, 6.45) is 5.11. The molecule has 1 amide bonds. The number of thiazole rings is 1. The maximum Gasteiger partial charge on any atom is 0.257 e. The van der Waals surface area contributed by atoms with Gasteiger partial charge in [-0.1, -0.05) is 6.92 Å². The van der Waals surface area contributed by atoms with E-state index in [1.54, 1.807) is 42.5 Å². The lowest BCUT2D eigenvalue weighted by molar-refractivity contribution is 0.102. The van der Waals surface area contributed by atoms with Gasteiger partial charge in [0.2, 0.25) is 0 Å². The lowest BCUT2D eigenvalue weighted by atomic mass is 10.2. The van der Waals surface area contributed by atoms with E-state index in [1.807, 2.05) is 17.5 Å². The number of nitrogens with zero attached hydrogens (tertiary/aromatic N) is 3. The van der Waals surface area contributed by atoms with E-state index in [2.05, 4.69) is 27.2 Å². The molecule has 5 nitrogen and oxygen atoms in total. The van der Waals surface area contributed by atoms with Crippen molar-refractivity contribution in [1.82, 2.24) is 15.0 Å². The van der Waals surface area contributed by atoms with Crippen molar-refractivity contribution in [3.05, 3.63) is 53.8 Å². The Morgan fingerprint density at radius 1 is 1.35 bits per heavy atom. The molecule has 3 aromatic rings. The zero-order valence-electron chi connectivity index (χ0n) is 12.4. The van der Waals surface area contributed by atoms with Crippen LogP contribution in [-0.2, 0) is 0 Å². The first-order valence-corrected chi connectivity index (χ1v) is 8.89. The molecule has 0 atom stereocenters. The molecule has 0 bridgehead atoms. The van der Waals surface area contributed by atoms with Crippen LogP contribution in [0.25, 0.3) is 11.3 Å². The van der Waals surface area contributed by atoms with Crippen LogP contribution in [0.4, 0.5) is 5.13 Å². The van der Waals surface area contributed by atoms with Gasteiger partial charge < -0.3 is 0 Å². The molecule has 116 valence electrons.